The van der Waals surface area contributed by atoms with Crippen LogP contribution in [-0.4, -0.2) is 54.9 Å². The molecular formula is C13H28BF3N2O3S. The van der Waals surface area contributed by atoms with E-state index < -0.39 is 22.8 Å². The molecule has 0 aromatic heterocycles. The summed E-state index contributed by atoms with van der Waals surface area (Å²) in [6, 6.07) is -0.821. The number of hydrogen-bond acceptors (Lipinski definition) is 5. The van der Waals surface area contributed by atoms with Gasteiger partial charge >= 0.3 is 22.8 Å². The van der Waals surface area contributed by atoms with Crippen molar-refractivity contribution >= 4 is 17.3 Å². The molecule has 0 saturated heterocycles. The molecule has 0 unspecified atom stereocenters. The SMILES string of the molecule is CC(C)N(B(OS(=O)(=O)C(F)(F)F)N(C(C)C)C(C)C)C(C)C. The third-order valence-electron chi connectivity index (χ3n) is 3.39. The summed E-state index contributed by atoms with van der Waals surface area (Å²) in [5, 5.41) is 0. The van der Waals surface area contributed by atoms with Gasteiger partial charge in [-0.05, 0) is 24.2 Å². The summed E-state index contributed by atoms with van der Waals surface area (Å²) in [6.45, 7) is 14.3. The van der Waals surface area contributed by atoms with Gasteiger partial charge < -0.3 is 0 Å². The Kier molecular flexibility index (Phi) is 8.07. The molecule has 0 heterocycles. The van der Waals surface area contributed by atoms with Crippen molar-refractivity contribution in [3.63, 3.8) is 0 Å². The lowest BCUT2D eigenvalue weighted by molar-refractivity contribution is -0.0513. The molecule has 0 aromatic rings. The molecule has 0 aromatic carbocycles. The summed E-state index contributed by atoms with van der Waals surface area (Å²) >= 11 is 0. The van der Waals surface area contributed by atoms with E-state index in [-0.39, 0.29) is 24.2 Å². The number of halogens is 3. The van der Waals surface area contributed by atoms with Crippen LogP contribution in [0.4, 0.5) is 13.2 Å². The van der Waals surface area contributed by atoms with E-state index in [2.05, 4.69) is 4.10 Å². The van der Waals surface area contributed by atoms with Gasteiger partial charge in [-0.1, -0.05) is 55.4 Å². The summed E-state index contributed by atoms with van der Waals surface area (Å²) < 4.78 is 66.1. The van der Waals surface area contributed by atoms with Crippen molar-refractivity contribution in [3.8, 4) is 0 Å². The van der Waals surface area contributed by atoms with Crippen LogP contribution in [0, 0.1) is 0 Å². The van der Waals surface area contributed by atoms with Gasteiger partial charge in [0.15, 0.2) is 0 Å². The van der Waals surface area contributed by atoms with Crippen molar-refractivity contribution in [2.24, 2.45) is 0 Å². The van der Waals surface area contributed by atoms with Crippen LogP contribution in [0.1, 0.15) is 55.4 Å². The summed E-state index contributed by atoms with van der Waals surface area (Å²) in [5.41, 5.74) is -5.45. The van der Waals surface area contributed by atoms with Crippen molar-refractivity contribution in [1.82, 2.24) is 9.62 Å². The van der Waals surface area contributed by atoms with Crippen LogP contribution in [0.3, 0.4) is 0 Å². The van der Waals surface area contributed by atoms with Crippen molar-refractivity contribution in [3.05, 3.63) is 0 Å². The molecule has 0 fully saturated rings. The smallest absolute Gasteiger partial charge is 0.297 e. The second kappa shape index (κ2) is 8.18. The van der Waals surface area contributed by atoms with Crippen LogP contribution in [0.2, 0.25) is 0 Å². The highest BCUT2D eigenvalue weighted by atomic mass is 32.2. The van der Waals surface area contributed by atoms with Gasteiger partial charge in [-0.25, -0.2) is 0 Å². The summed E-state index contributed by atoms with van der Waals surface area (Å²) in [4.78, 5) is 3.23. The monoisotopic (exact) mass is 360 g/mol. The van der Waals surface area contributed by atoms with E-state index in [0.29, 0.717) is 0 Å². The molecule has 0 rings (SSSR count). The van der Waals surface area contributed by atoms with E-state index in [9.17, 15) is 21.6 Å². The van der Waals surface area contributed by atoms with Crippen LogP contribution in [0.25, 0.3) is 0 Å². The van der Waals surface area contributed by atoms with E-state index in [1.807, 2.05) is 0 Å². The van der Waals surface area contributed by atoms with Crippen LogP contribution in [0.15, 0.2) is 0 Å². The zero-order valence-corrected chi connectivity index (χ0v) is 15.9. The van der Waals surface area contributed by atoms with Crippen LogP contribution in [0.5, 0.6) is 0 Å². The number of hydrogen-bond donors (Lipinski definition) is 0. The molecule has 0 radical (unpaired) electrons. The third kappa shape index (κ3) is 5.92. The van der Waals surface area contributed by atoms with Gasteiger partial charge in [-0.3, -0.25) is 13.7 Å². The Hall–Kier alpha value is -0.315. The van der Waals surface area contributed by atoms with Crippen molar-refractivity contribution in [2.75, 3.05) is 0 Å². The Bertz CT molecular complexity index is 432. The van der Waals surface area contributed by atoms with Gasteiger partial charge in [0.25, 0.3) is 0 Å². The first-order valence-corrected chi connectivity index (χ1v) is 9.08. The van der Waals surface area contributed by atoms with E-state index in [4.69, 9.17) is 0 Å². The molecule has 0 N–H and O–H groups in total. The molecule has 0 saturated carbocycles. The summed E-state index contributed by atoms with van der Waals surface area (Å²) in [7, 11) is -7.04. The lowest BCUT2D eigenvalue weighted by atomic mass is 9.86. The van der Waals surface area contributed by atoms with E-state index in [0.717, 1.165) is 0 Å². The second-order valence-corrected chi connectivity index (χ2v) is 8.16. The van der Waals surface area contributed by atoms with Crippen LogP contribution < -0.4 is 0 Å². The van der Waals surface area contributed by atoms with Gasteiger partial charge in [0.1, 0.15) is 0 Å². The molecule has 0 aliphatic carbocycles. The van der Waals surface area contributed by atoms with Crippen LogP contribution >= 0.6 is 0 Å². The average molecular weight is 360 g/mol. The standard InChI is InChI=1S/C13H28BF3N2O3S/c1-9(2)18(10(3)4)14(19(11(5)6)12(7)8)22-23(20,21)13(15,16)17/h9-12H,1-8H3. The summed E-state index contributed by atoms with van der Waals surface area (Å²) in [6.07, 6.45) is 0. The van der Waals surface area contributed by atoms with Gasteiger partial charge in [0, 0.05) is 0 Å². The van der Waals surface area contributed by atoms with Crippen molar-refractivity contribution < 1.29 is 25.7 Å². The molecule has 0 aliphatic rings. The quantitative estimate of drug-likeness (QED) is 0.492. The topological polar surface area (TPSA) is 49.9 Å². The minimum absolute atomic E-state index is 0.205. The first kappa shape index (κ1) is 22.7. The zero-order chi connectivity index (χ0) is 18.7. The van der Waals surface area contributed by atoms with Gasteiger partial charge in [-0.2, -0.15) is 21.6 Å². The minimum atomic E-state index is -5.70. The van der Waals surface area contributed by atoms with Crippen molar-refractivity contribution in [2.45, 2.75) is 85.1 Å². The Morgan fingerprint density at radius 2 is 1.04 bits per heavy atom. The van der Waals surface area contributed by atoms with E-state index in [1.54, 1.807) is 65.0 Å². The molecule has 5 nitrogen and oxygen atoms in total. The molecule has 0 atom stereocenters. The number of nitrogens with zero attached hydrogens (tertiary/aromatic N) is 2. The third-order valence-corrected chi connectivity index (χ3v) is 4.38. The highest BCUT2D eigenvalue weighted by Gasteiger charge is 2.52. The molecule has 10 heteroatoms. The fourth-order valence-corrected chi connectivity index (χ4v) is 3.17. The summed E-state index contributed by atoms with van der Waals surface area (Å²) in [5.74, 6) is 0. The van der Waals surface area contributed by atoms with Gasteiger partial charge in [0.2, 0.25) is 0 Å². The van der Waals surface area contributed by atoms with Crippen LogP contribution in [-0.2, 0) is 14.2 Å². The highest BCUT2D eigenvalue weighted by Crippen LogP contribution is 2.28. The molecule has 0 bridgehead atoms. The number of alkyl halides is 3. The first-order valence-electron chi connectivity index (χ1n) is 7.67. The number of rotatable bonds is 8. The molecule has 138 valence electrons. The molecule has 0 spiro atoms. The predicted octanol–water partition coefficient (Wildman–Crippen LogP) is 3.08. The molecule has 0 amide bonds. The van der Waals surface area contributed by atoms with Gasteiger partial charge in [-0.15, -0.1) is 0 Å². The fourth-order valence-electron chi connectivity index (χ4n) is 2.63. The Balaban J connectivity index is 6.00. The first-order chi connectivity index (χ1) is 10.1. The normalized spacial score (nSPS) is 14.1. The van der Waals surface area contributed by atoms with Crippen molar-refractivity contribution in [1.29, 1.82) is 0 Å². The lowest BCUT2D eigenvalue weighted by Crippen LogP contribution is -2.64. The average Bonchev–Trinajstić information content (AvgIpc) is 2.23. The highest BCUT2D eigenvalue weighted by molar-refractivity contribution is 7.88. The Labute approximate surface area is 138 Å². The maximum Gasteiger partial charge on any atom is 0.521 e. The predicted molar refractivity (Wildman–Crippen MR) is 86.0 cm³/mol. The Morgan fingerprint density at radius 3 is 1.22 bits per heavy atom. The fraction of sp³-hybridized carbons (Fsp3) is 1.00. The van der Waals surface area contributed by atoms with E-state index >= 15 is 0 Å². The Morgan fingerprint density at radius 1 is 0.783 bits per heavy atom. The maximum atomic E-state index is 12.8. The molecule has 23 heavy (non-hydrogen) atoms. The maximum absolute atomic E-state index is 12.8. The van der Waals surface area contributed by atoms with E-state index in [1.165, 1.54) is 0 Å². The van der Waals surface area contributed by atoms with Gasteiger partial charge in [0.05, 0.1) is 0 Å². The second-order valence-electron chi connectivity index (χ2n) is 6.59. The largest absolute Gasteiger partial charge is 0.521 e. The molecule has 0 aliphatic heterocycles. The lowest BCUT2D eigenvalue weighted by Gasteiger charge is -2.43. The zero-order valence-electron chi connectivity index (χ0n) is 15.0. The minimum Gasteiger partial charge on any atom is -0.297 e. The molecular weight excluding hydrogens is 332 g/mol.